The standard InChI is InChI=1S/C12H15N2O4PS/c1-3-10-7-5-6-8-11(10)12(9-13)14-17-18-19(15,20)16-4-2/h5-8H,3-4H2,1-2H3,(H,15,20). The SMILES string of the molecule is CCOP(O)(=S)OON=C(C#N)c1ccccc1CC. The second kappa shape index (κ2) is 8.10. The van der Waals surface area contributed by atoms with Crippen LogP contribution in [-0.2, 0) is 32.4 Å². The smallest absolute Gasteiger partial charge is 0.322 e. The molecule has 0 amide bonds. The highest BCUT2D eigenvalue weighted by molar-refractivity contribution is 8.07. The van der Waals surface area contributed by atoms with Gasteiger partial charge in [0.15, 0.2) is 5.71 Å². The highest BCUT2D eigenvalue weighted by Crippen LogP contribution is 2.43. The van der Waals surface area contributed by atoms with Crippen molar-refractivity contribution in [2.75, 3.05) is 6.61 Å². The van der Waals surface area contributed by atoms with Crippen LogP contribution < -0.4 is 0 Å². The quantitative estimate of drug-likeness (QED) is 0.360. The van der Waals surface area contributed by atoms with Crippen molar-refractivity contribution in [3.8, 4) is 6.07 Å². The van der Waals surface area contributed by atoms with E-state index in [9.17, 15) is 4.89 Å². The minimum Gasteiger partial charge on any atom is -0.322 e. The van der Waals surface area contributed by atoms with Gasteiger partial charge in [0.2, 0.25) is 0 Å². The number of hydrogen-bond acceptors (Lipinski definition) is 6. The summed E-state index contributed by atoms with van der Waals surface area (Å²) in [6.07, 6.45) is 0.745. The van der Waals surface area contributed by atoms with E-state index in [1.54, 1.807) is 19.1 Å². The molecule has 0 saturated heterocycles. The number of oxime groups is 1. The molecular formula is C12H15N2O4PS. The maximum absolute atomic E-state index is 9.48. The van der Waals surface area contributed by atoms with Gasteiger partial charge in [-0.25, -0.2) is 4.99 Å². The zero-order valence-electron chi connectivity index (χ0n) is 11.1. The largest absolute Gasteiger partial charge is 0.367 e. The average molecular weight is 314 g/mol. The lowest BCUT2D eigenvalue weighted by Gasteiger charge is -2.10. The number of benzene rings is 1. The van der Waals surface area contributed by atoms with Crippen LogP contribution >= 0.6 is 6.72 Å². The number of rotatable bonds is 7. The molecule has 1 aromatic rings. The fourth-order valence-corrected chi connectivity index (χ4v) is 2.35. The van der Waals surface area contributed by atoms with Gasteiger partial charge in [0.1, 0.15) is 6.07 Å². The third-order valence-electron chi connectivity index (χ3n) is 2.31. The van der Waals surface area contributed by atoms with Gasteiger partial charge < -0.3 is 9.42 Å². The van der Waals surface area contributed by atoms with Crippen molar-refractivity contribution in [3.05, 3.63) is 35.4 Å². The summed E-state index contributed by atoms with van der Waals surface area (Å²) in [6, 6.07) is 9.22. The summed E-state index contributed by atoms with van der Waals surface area (Å²) in [4.78, 5) is 14.0. The fourth-order valence-electron chi connectivity index (χ4n) is 1.47. The summed E-state index contributed by atoms with van der Waals surface area (Å²) in [5.74, 6) is 0. The second-order valence-corrected chi connectivity index (χ2v) is 6.33. The van der Waals surface area contributed by atoms with Gasteiger partial charge in [0, 0.05) is 5.56 Å². The van der Waals surface area contributed by atoms with E-state index in [4.69, 9.17) is 9.79 Å². The van der Waals surface area contributed by atoms with Crippen molar-refractivity contribution in [2.24, 2.45) is 5.16 Å². The molecule has 1 aromatic carbocycles. The maximum atomic E-state index is 9.48. The topological polar surface area (TPSA) is 84.1 Å². The molecule has 20 heavy (non-hydrogen) atoms. The van der Waals surface area contributed by atoms with E-state index in [2.05, 4.69) is 26.6 Å². The predicted molar refractivity (Wildman–Crippen MR) is 78.3 cm³/mol. The number of aryl methyl sites for hydroxylation is 1. The molecule has 0 aromatic heterocycles. The van der Waals surface area contributed by atoms with Gasteiger partial charge in [0.05, 0.1) is 6.61 Å². The lowest BCUT2D eigenvalue weighted by molar-refractivity contribution is -0.216. The Balaban J connectivity index is 2.84. The van der Waals surface area contributed by atoms with Gasteiger partial charge in [-0.15, -0.1) is 0 Å². The van der Waals surface area contributed by atoms with Crippen LogP contribution in [0, 0.1) is 11.3 Å². The van der Waals surface area contributed by atoms with Crippen molar-refractivity contribution in [1.82, 2.24) is 0 Å². The first-order valence-corrected chi connectivity index (χ1v) is 8.52. The first kappa shape index (κ1) is 16.8. The van der Waals surface area contributed by atoms with Crippen LogP contribution in [0.5, 0.6) is 0 Å². The van der Waals surface area contributed by atoms with Crippen LogP contribution in [0.15, 0.2) is 29.4 Å². The third-order valence-corrected chi connectivity index (χ3v) is 3.65. The molecule has 1 rings (SSSR count). The molecule has 108 valence electrons. The Morgan fingerprint density at radius 3 is 2.75 bits per heavy atom. The van der Waals surface area contributed by atoms with Gasteiger partial charge >= 0.3 is 6.72 Å². The summed E-state index contributed by atoms with van der Waals surface area (Å²) in [7, 11) is 0. The molecule has 0 saturated carbocycles. The van der Waals surface area contributed by atoms with Crippen LogP contribution in [0.1, 0.15) is 25.0 Å². The zero-order valence-corrected chi connectivity index (χ0v) is 12.9. The van der Waals surface area contributed by atoms with Crippen molar-refractivity contribution in [1.29, 1.82) is 5.26 Å². The molecule has 6 nitrogen and oxygen atoms in total. The number of nitriles is 1. The molecule has 0 aliphatic rings. The van der Waals surface area contributed by atoms with Crippen LogP contribution in [0.3, 0.4) is 0 Å². The van der Waals surface area contributed by atoms with E-state index in [1.165, 1.54) is 0 Å². The van der Waals surface area contributed by atoms with E-state index < -0.39 is 6.72 Å². The van der Waals surface area contributed by atoms with Crippen molar-refractivity contribution in [2.45, 2.75) is 20.3 Å². The lowest BCUT2D eigenvalue weighted by atomic mass is 10.0. The van der Waals surface area contributed by atoms with Crippen molar-refractivity contribution < 1.29 is 19.1 Å². The van der Waals surface area contributed by atoms with E-state index in [0.29, 0.717) is 5.56 Å². The molecule has 0 aliphatic carbocycles. The molecule has 0 aliphatic heterocycles. The van der Waals surface area contributed by atoms with Crippen molar-refractivity contribution in [3.63, 3.8) is 0 Å². The summed E-state index contributed by atoms with van der Waals surface area (Å²) in [6.45, 7) is 0.331. The van der Waals surface area contributed by atoms with Crippen LogP contribution in [-0.4, -0.2) is 17.2 Å². The normalized spacial score (nSPS) is 14.4. The Bertz CT molecular complexity index is 571. The number of hydrogen-bond donors (Lipinski definition) is 1. The van der Waals surface area contributed by atoms with E-state index >= 15 is 0 Å². The lowest BCUT2D eigenvalue weighted by Crippen LogP contribution is -2.03. The highest BCUT2D eigenvalue weighted by atomic mass is 32.5. The highest BCUT2D eigenvalue weighted by Gasteiger charge is 2.17. The summed E-state index contributed by atoms with van der Waals surface area (Å²) in [5, 5.41) is 12.6. The second-order valence-electron chi connectivity index (χ2n) is 3.60. The van der Waals surface area contributed by atoms with Gasteiger partial charge in [-0.3, -0.25) is 0 Å². The summed E-state index contributed by atoms with van der Waals surface area (Å²) < 4.78 is 9.30. The van der Waals surface area contributed by atoms with Crippen molar-refractivity contribution >= 4 is 24.2 Å². The summed E-state index contributed by atoms with van der Waals surface area (Å²) >= 11 is 4.64. The minimum atomic E-state index is -3.47. The molecule has 0 heterocycles. The molecular weight excluding hydrogens is 299 g/mol. The van der Waals surface area contributed by atoms with E-state index in [0.717, 1.165) is 12.0 Å². The third kappa shape index (κ3) is 5.00. The Hall–Kier alpha value is -1.29. The van der Waals surface area contributed by atoms with Gasteiger partial charge in [-0.2, -0.15) is 5.26 Å². The molecule has 0 radical (unpaired) electrons. The Morgan fingerprint density at radius 1 is 1.45 bits per heavy atom. The number of nitrogens with zero attached hydrogens (tertiary/aromatic N) is 2. The molecule has 1 atom stereocenters. The molecule has 1 unspecified atom stereocenters. The minimum absolute atomic E-state index is 0.0361. The fraction of sp³-hybridized carbons (Fsp3) is 0.333. The molecule has 0 fully saturated rings. The molecule has 1 N–H and O–H groups in total. The van der Waals surface area contributed by atoms with Gasteiger partial charge in [0.25, 0.3) is 0 Å². The average Bonchev–Trinajstić information content (AvgIpc) is 2.43. The van der Waals surface area contributed by atoms with Crippen LogP contribution in [0.4, 0.5) is 0 Å². The first-order valence-electron chi connectivity index (χ1n) is 5.93. The Morgan fingerprint density at radius 2 is 2.15 bits per heavy atom. The first-order chi connectivity index (χ1) is 9.54. The van der Waals surface area contributed by atoms with Crippen LogP contribution in [0.2, 0.25) is 0 Å². The molecule has 8 heteroatoms. The van der Waals surface area contributed by atoms with Crippen LogP contribution in [0.25, 0.3) is 0 Å². The van der Waals surface area contributed by atoms with Gasteiger partial charge in [-0.1, -0.05) is 35.9 Å². The molecule has 0 spiro atoms. The van der Waals surface area contributed by atoms with E-state index in [-0.39, 0.29) is 12.3 Å². The monoisotopic (exact) mass is 314 g/mol. The Labute approximate surface area is 122 Å². The Kier molecular flexibility index (Phi) is 6.79. The summed E-state index contributed by atoms with van der Waals surface area (Å²) in [5.41, 5.74) is 1.63. The maximum Gasteiger partial charge on any atom is 0.367 e. The van der Waals surface area contributed by atoms with E-state index in [1.807, 2.05) is 25.1 Å². The predicted octanol–water partition coefficient (Wildman–Crippen LogP) is 2.68. The zero-order chi connectivity index (χ0) is 15.0. The van der Waals surface area contributed by atoms with Gasteiger partial charge in [-0.05, 0) is 35.9 Å². The molecule has 0 bridgehead atoms.